The number of aliphatic hydroxyl groups is 1. The van der Waals surface area contributed by atoms with Crippen molar-refractivity contribution in [1.82, 2.24) is 0 Å². The number of hydrogen-bond donors (Lipinski definition) is 1. The lowest BCUT2D eigenvalue weighted by Crippen LogP contribution is -2.09. The number of carbonyl (C=O) groups excluding carboxylic acids is 1. The van der Waals surface area contributed by atoms with Crippen LogP contribution in [0, 0.1) is 23.7 Å². The maximum atomic E-state index is 12.4. The summed E-state index contributed by atoms with van der Waals surface area (Å²) < 4.78 is 37.3. The number of ketones is 1. The molecular formula is C16H12F3NO2. The van der Waals surface area contributed by atoms with E-state index in [1.165, 1.54) is 0 Å². The Bertz CT molecular complexity index is 659. The maximum Gasteiger partial charge on any atom is 0.416 e. The first-order valence-electron chi connectivity index (χ1n) is 6.24. The molecule has 0 aliphatic carbocycles. The fourth-order valence-electron chi connectivity index (χ4n) is 1.69. The molecule has 0 aliphatic heterocycles. The van der Waals surface area contributed by atoms with Gasteiger partial charge in [-0.2, -0.15) is 18.4 Å². The number of rotatable bonds is 5. The van der Waals surface area contributed by atoms with Gasteiger partial charge in [-0.15, -0.1) is 12.3 Å². The molecule has 114 valence electrons. The van der Waals surface area contributed by atoms with Gasteiger partial charge in [-0.3, -0.25) is 4.79 Å². The molecule has 0 amide bonds. The number of benzene rings is 1. The quantitative estimate of drug-likeness (QED) is 0.391. The van der Waals surface area contributed by atoms with Crippen molar-refractivity contribution in [3.63, 3.8) is 0 Å². The maximum absolute atomic E-state index is 12.4. The Balaban J connectivity index is 2.88. The van der Waals surface area contributed by atoms with Gasteiger partial charge in [-0.05, 0) is 17.7 Å². The zero-order chi connectivity index (χ0) is 16.8. The van der Waals surface area contributed by atoms with Gasteiger partial charge in [0, 0.05) is 19.3 Å². The Morgan fingerprint density at radius 3 is 2.32 bits per heavy atom. The van der Waals surface area contributed by atoms with Crippen LogP contribution in [0.3, 0.4) is 0 Å². The Labute approximate surface area is 125 Å². The predicted molar refractivity (Wildman–Crippen MR) is 73.5 cm³/mol. The lowest BCUT2D eigenvalue weighted by molar-refractivity contribution is -0.137. The van der Waals surface area contributed by atoms with Gasteiger partial charge in [0.1, 0.15) is 17.4 Å². The highest BCUT2D eigenvalue weighted by Gasteiger charge is 2.30. The van der Waals surface area contributed by atoms with Crippen molar-refractivity contribution in [3.05, 3.63) is 46.7 Å². The summed E-state index contributed by atoms with van der Waals surface area (Å²) in [7, 11) is 0. The Morgan fingerprint density at radius 2 is 1.86 bits per heavy atom. The van der Waals surface area contributed by atoms with E-state index >= 15 is 0 Å². The molecule has 0 spiro atoms. The number of allylic oxidation sites excluding steroid dienone is 2. The summed E-state index contributed by atoms with van der Waals surface area (Å²) in [5.74, 6) is 1.19. The van der Waals surface area contributed by atoms with Gasteiger partial charge in [0.25, 0.3) is 0 Å². The van der Waals surface area contributed by atoms with Gasteiger partial charge in [0.15, 0.2) is 5.78 Å². The fraction of sp³-hybridized carbons (Fsp3) is 0.250. The number of carbonyl (C=O) groups is 1. The van der Waals surface area contributed by atoms with Crippen molar-refractivity contribution < 1.29 is 23.1 Å². The normalized spacial score (nSPS) is 12.0. The van der Waals surface area contributed by atoms with Crippen LogP contribution in [0.2, 0.25) is 0 Å². The minimum atomic E-state index is -4.45. The summed E-state index contributed by atoms with van der Waals surface area (Å²) in [4.78, 5) is 11.9. The van der Waals surface area contributed by atoms with Crippen LogP contribution in [0.1, 0.15) is 24.0 Å². The summed E-state index contributed by atoms with van der Waals surface area (Å²) in [6.07, 6.45) is 0.466. The third kappa shape index (κ3) is 4.68. The van der Waals surface area contributed by atoms with E-state index in [-0.39, 0.29) is 19.3 Å². The monoisotopic (exact) mass is 307 g/mol. The molecule has 0 heterocycles. The van der Waals surface area contributed by atoms with Crippen molar-refractivity contribution in [2.45, 2.75) is 25.4 Å². The molecule has 0 aliphatic rings. The average molecular weight is 307 g/mol. The van der Waals surface area contributed by atoms with Crippen molar-refractivity contribution in [2.24, 2.45) is 0 Å². The SMILES string of the molecule is C#CCC/C(O)=C(\C#N)C(=O)Cc1ccc(C(F)(F)F)cc1. The number of nitrogens with zero attached hydrogens (tertiary/aromatic N) is 1. The van der Waals surface area contributed by atoms with Gasteiger partial charge < -0.3 is 5.11 Å². The largest absolute Gasteiger partial charge is 0.511 e. The van der Waals surface area contributed by atoms with E-state index in [2.05, 4.69) is 5.92 Å². The predicted octanol–water partition coefficient (Wildman–Crippen LogP) is 3.57. The minimum absolute atomic E-state index is 0.00184. The molecule has 0 bridgehead atoms. The second-order valence-electron chi connectivity index (χ2n) is 4.43. The Morgan fingerprint density at radius 1 is 1.27 bits per heavy atom. The third-order valence-electron chi connectivity index (χ3n) is 2.83. The molecule has 1 aromatic carbocycles. The van der Waals surface area contributed by atoms with Crippen molar-refractivity contribution in [2.75, 3.05) is 0 Å². The van der Waals surface area contributed by atoms with E-state index in [1.54, 1.807) is 6.07 Å². The lowest BCUT2D eigenvalue weighted by atomic mass is 10.0. The molecule has 6 heteroatoms. The van der Waals surface area contributed by atoms with Gasteiger partial charge in [0.2, 0.25) is 0 Å². The molecule has 1 aromatic rings. The van der Waals surface area contributed by atoms with Crippen LogP contribution in [-0.2, 0) is 17.4 Å². The molecule has 0 saturated heterocycles. The van der Waals surface area contributed by atoms with Crippen LogP contribution in [0.25, 0.3) is 0 Å². The lowest BCUT2D eigenvalue weighted by Gasteiger charge is -2.07. The molecule has 0 atom stereocenters. The van der Waals surface area contributed by atoms with Crippen molar-refractivity contribution >= 4 is 5.78 Å². The van der Waals surface area contributed by atoms with E-state index in [9.17, 15) is 23.1 Å². The van der Waals surface area contributed by atoms with Crippen LogP contribution >= 0.6 is 0 Å². The van der Waals surface area contributed by atoms with Gasteiger partial charge in [-0.1, -0.05) is 12.1 Å². The number of aliphatic hydroxyl groups excluding tert-OH is 1. The topological polar surface area (TPSA) is 61.1 Å². The van der Waals surface area contributed by atoms with Crippen molar-refractivity contribution in [3.8, 4) is 18.4 Å². The molecule has 0 unspecified atom stereocenters. The summed E-state index contributed by atoms with van der Waals surface area (Å²) in [6, 6.07) is 5.64. The van der Waals surface area contributed by atoms with E-state index in [1.807, 2.05) is 0 Å². The second-order valence-corrected chi connectivity index (χ2v) is 4.43. The molecular weight excluding hydrogens is 295 g/mol. The van der Waals surface area contributed by atoms with Crippen LogP contribution in [0.4, 0.5) is 13.2 Å². The first-order valence-corrected chi connectivity index (χ1v) is 6.24. The number of alkyl halides is 3. The second kappa shape index (κ2) is 7.33. The van der Waals surface area contributed by atoms with E-state index in [4.69, 9.17) is 11.7 Å². The Hall–Kier alpha value is -2.73. The average Bonchev–Trinajstić information content (AvgIpc) is 2.45. The van der Waals surface area contributed by atoms with Gasteiger partial charge in [-0.25, -0.2) is 0 Å². The summed E-state index contributed by atoms with van der Waals surface area (Å²) in [5, 5.41) is 18.5. The first-order chi connectivity index (χ1) is 10.3. The highest BCUT2D eigenvalue weighted by Crippen LogP contribution is 2.29. The van der Waals surface area contributed by atoms with Crippen LogP contribution in [-0.4, -0.2) is 10.9 Å². The zero-order valence-corrected chi connectivity index (χ0v) is 11.4. The number of Topliss-reactive ketones (excluding diaryl/α,β-unsaturated/α-hetero) is 1. The minimum Gasteiger partial charge on any atom is -0.511 e. The smallest absolute Gasteiger partial charge is 0.416 e. The van der Waals surface area contributed by atoms with E-state index in [0.717, 1.165) is 24.3 Å². The first kappa shape index (κ1) is 17.3. The molecule has 0 saturated carbocycles. The van der Waals surface area contributed by atoms with Crippen LogP contribution in [0.15, 0.2) is 35.6 Å². The number of halogens is 3. The highest BCUT2D eigenvalue weighted by molar-refractivity contribution is 6.00. The molecule has 0 radical (unpaired) electrons. The molecule has 0 aromatic heterocycles. The standard InChI is InChI=1S/C16H12F3NO2/c1-2-3-4-14(21)13(10-20)15(22)9-11-5-7-12(8-6-11)16(17,18)19/h1,5-8,21H,3-4,9H2/b14-13-. The van der Waals surface area contributed by atoms with E-state index < -0.39 is 28.9 Å². The van der Waals surface area contributed by atoms with Crippen molar-refractivity contribution in [1.29, 1.82) is 5.26 Å². The summed E-state index contributed by atoms with van der Waals surface area (Å²) in [5.41, 5.74) is -0.928. The number of hydrogen-bond acceptors (Lipinski definition) is 3. The van der Waals surface area contributed by atoms with E-state index in [0.29, 0.717) is 5.56 Å². The van der Waals surface area contributed by atoms with Crippen LogP contribution in [0.5, 0.6) is 0 Å². The molecule has 0 fully saturated rings. The molecule has 1 rings (SSSR count). The molecule has 3 nitrogen and oxygen atoms in total. The zero-order valence-electron chi connectivity index (χ0n) is 11.4. The number of nitriles is 1. The summed E-state index contributed by atoms with van der Waals surface area (Å²) in [6.45, 7) is 0. The Kier molecular flexibility index (Phi) is 5.77. The van der Waals surface area contributed by atoms with Crippen LogP contribution < -0.4 is 0 Å². The highest BCUT2D eigenvalue weighted by atomic mass is 19.4. The molecule has 22 heavy (non-hydrogen) atoms. The fourth-order valence-corrected chi connectivity index (χ4v) is 1.69. The van der Waals surface area contributed by atoms with Gasteiger partial charge >= 0.3 is 6.18 Å². The number of terminal acetylenes is 1. The van der Waals surface area contributed by atoms with Gasteiger partial charge in [0.05, 0.1) is 5.56 Å². The summed E-state index contributed by atoms with van der Waals surface area (Å²) >= 11 is 0. The third-order valence-corrected chi connectivity index (χ3v) is 2.83. The molecule has 1 N–H and O–H groups in total.